The van der Waals surface area contributed by atoms with Crippen molar-refractivity contribution in [1.82, 2.24) is 4.57 Å². The molecule has 1 aliphatic heterocycles. The molecule has 4 rings (SSSR count). The molecule has 0 spiro atoms. The molecule has 0 amide bonds. The number of benzene rings is 1. The molecule has 0 saturated carbocycles. The number of aliphatic hydroxyl groups excluding tert-OH is 4. The van der Waals surface area contributed by atoms with Crippen molar-refractivity contribution in [2.24, 2.45) is 0 Å². The quantitative estimate of drug-likeness (QED) is 0.491. The number of halogens is 1. The molecule has 2 aromatic heterocycles. The number of fused-ring (bicyclic) bond motifs is 1. The van der Waals surface area contributed by atoms with Gasteiger partial charge in [0.15, 0.2) is 0 Å². The smallest absolute Gasteiger partial charge is 0.262 e. The first-order chi connectivity index (χ1) is 13.9. The number of hydrogen-bond acceptors (Lipinski definition) is 7. The Morgan fingerprint density at radius 2 is 1.86 bits per heavy atom. The van der Waals surface area contributed by atoms with Crippen LogP contribution in [-0.2, 0) is 11.3 Å². The van der Waals surface area contributed by atoms with Gasteiger partial charge < -0.3 is 34.1 Å². The van der Waals surface area contributed by atoms with Gasteiger partial charge in [-0.25, -0.2) is 0 Å². The summed E-state index contributed by atoms with van der Waals surface area (Å²) in [6.45, 7) is -0.341. The van der Waals surface area contributed by atoms with Crippen LogP contribution in [0.5, 0.6) is 0 Å². The van der Waals surface area contributed by atoms with Crippen LogP contribution in [0.3, 0.4) is 0 Å². The molecule has 4 N–H and O–H groups in total. The molecule has 8 nitrogen and oxygen atoms in total. The van der Waals surface area contributed by atoms with E-state index >= 15 is 0 Å². The summed E-state index contributed by atoms with van der Waals surface area (Å²) >= 11 is 6.31. The highest BCUT2D eigenvalue weighted by Crippen LogP contribution is 2.34. The zero-order valence-corrected chi connectivity index (χ0v) is 15.9. The lowest BCUT2D eigenvalue weighted by molar-refractivity contribution is -0.231. The fourth-order valence-corrected chi connectivity index (χ4v) is 3.76. The highest BCUT2D eigenvalue weighted by Gasteiger charge is 2.44. The van der Waals surface area contributed by atoms with Crippen LogP contribution in [0.15, 0.2) is 52.0 Å². The first-order valence-corrected chi connectivity index (χ1v) is 9.44. The maximum absolute atomic E-state index is 12.6. The minimum Gasteiger partial charge on any atom is -0.464 e. The van der Waals surface area contributed by atoms with Crippen LogP contribution in [0.4, 0.5) is 0 Å². The molecule has 9 heteroatoms. The van der Waals surface area contributed by atoms with Gasteiger partial charge in [0.2, 0.25) is 0 Å². The van der Waals surface area contributed by atoms with E-state index in [4.69, 9.17) is 20.8 Å². The summed E-state index contributed by atoms with van der Waals surface area (Å²) in [7, 11) is 0. The van der Waals surface area contributed by atoms with Crippen molar-refractivity contribution in [3.63, 3.8) is 0 Å². The molecular formula is C20H20ClNO7. The van der Waals surface area contributed by atoms with Crippen molar-refractivity contribution in [3.05, 3.63) is 69.3 Å². The van der Waals surface area contributed by atoms with Crippen LogP contribution in [0.1, 0.15) is 17.2 Å². The molecule has 0 bridgehead atoms. The second-order valence-electron chi connectivity index (χ2n) is 7.05. The lowest BCUT2D eigenvalue weighted by atomic mass is 9.90. The third-order valence-electron chi connectivity index (χ3n) is 5.22. The predicted molar refractivity (Wildman–Crippen MR) is 104 cm³/mol. The Balaban J connectivity index is 1.67. The van der Waals surface area contributed by atoms with Crippen LogP contribution in [0.2, 0.25) is 5.02 Å². The Kier molecular flexibility index (Phi) is 5.48. The molecule has 5 atom stereocenters. The van der Waals surface area contributed by atoms with Crippen molar-refractivity contribution < 1.29 is 29.6 Å². The fourth-order valence-electron chi connectivity index (χ4n) is 3.58. The van der Waals surface area contributed by atoms with Gasteiger partial charge in [0.25, 0.3) is 5.56 Å². The molecule has 3 aromatic rings. The second kappa shape index (κ2) is 7.91. The van der Waals surface area contributed by atoms with E-state index in [2.05, 4.69) is 0 Å². The largest absolute Gasteiger partial charge is 0.464 e. The Hall–Kier alpha value is -2.20. The number of ether oxygens (including phenoxy) is 1. The van der Waals surface area contributed by atoms with E-state index in [1.54, 1.807) is 36.5 Å². The first-order valence-electron chi connectivity index (χ1n) is 9.06. The Morgan fingerprint density at radius 1 is 1.07 bits per heavy atom. The van der Waals surface area contributed by atoms with Crippen molar-refractivity contribution in [1.29, 1.82) is 0 Å². The van der Waals surface area contributed by atoms with E-state index in [0.717, 1.165) is 0 Å². The lowest BCUT2D eigenvalue weighted by Gasteiger charge is -2.40. The van der Waals surface area contributed by atoms with Gasteiger partial charge >= 0.3 is 0 Å². The van der Waals surface area contributed by atoms with E-state index < -0.39 is 37.1 Å². The molecule has 0 aliphatic carbocycles. The summed E-state index contributed by atoms with van der Waals surface area (Å²) in [5.41, 5.74) is 1.36. The maximum atomic E-state index is 12.6. The Labute approximate surface area is 170 Å². The summed E-state index contributed by atoms with van der Waals surface area (Å²) in [6, 6.07) is 8.18. The summed E-state index contributed by atoms with van der Waals surface area (Å²) in [5, 5.41) is 40.6. The average Bonchev–Trinajstić information content (AvgIpc) is 3.20. The van der Waals surface area contributed by atoms with E-state index in [1.807, 2.05) is 0 Å². The SMILES string of the molecule is O=c1c2ccoc2ccn1Cc1cc(C2O[C@H](CO)[C@@H](O)[C@H](O)[C@H]2O)ccc1Cl. The van der Waals surface area contributed by atoms with Gasteiger partial charge in [-0.15, -0.1) is 0 Å². The number of rotatable bonds is 4. The molecule has 1 aliphatic rings. The van der Waals surface area contributed by atoms with Gasteiger partial charge in [-0.1, -0.05) is 17.7 Å². The fraction of sp³-hybridized carbons (Fsp3) is 0.350. The highest BCUT2D eigenvalue weighted by atomic mass is 35.5. The van der Waals surface area contributed by atoms with Gasteiger partial charge in [0, 0.05) is 11.2 Å². The van der Waals surface area contributed by atoms with Crippen LogP contribution < -0.4 is 5.56 Å². The minimum absolute atomic E-state index is 0.171. The molecular weight excluding hydrogens is 402 g/mol. The number of nitrogens with zero attached hydrogens (tertiary/aromatic N) is 1. The average molecular weight is 422 g/mol. The van der Waals surface area contributed by atoms with Gasteiger partial charge in [-0.2, -0.15) is 0 Å². The number of pyridine rings is 1. The topological polar surface area (TPSA) is 125 Å². The van der Waals surface area contributed by atoms with Crippen molar-refractivity contribution >= 4 is 22.6 Å². The zero-order chi connectivity index (χ0) is 20.7. The van der Waals surface area contributed by atoms with Crippen LogP contribution in [0.25, 0.3) is 11.0 Å². The summed E-state index contributed by atoms with van der Waals surface area (Å²) < 4.78 is 12.3. The van der Waals surface area contributed by atoms with Crippen molar-refractivity contribution in [2.45, 2.75) is 37.1 Å². The number of furan rings is 1. The normalized spacial score (nSPS) is 27.4. The van der Waals surface area contributed by atoms with E-state index in [9.17, 15) is 25.2 Å². The van der Waals surface area contributed by atoms with Gasteiger partial charge in [-0.3, -0.25) is 4.79 Å². The van der Waals surface area contributed by atoms with Gasteiger partial charge in [0.05, 0.1) is 24.8 Å². The van der Waals surface area contributed by atoms with E-state index in [0.29, 0.717) is 27.1 Å². The minimum atomic E-state index is -1.48. The molecule has 0 radical (unpaired) electrons. The zero-order valence-electron chi connectivity index (χ0n) is 15.2. The number of aliphatic hydroxyl groups is 4. The molecule has 1 saturated heterocycles. The van der Waals surface area contributed by atoms with Crippen molar-refractivity contribution in [3.8, 4) is 0 Å². The maximum Gasteiger partial charge on any atom is 0.262 e. The standard InChI is InChI=1S/C20H20ClNO7/c21-13-2-1-10(19-18(26)17(25)16(24)15(9-23)29-19)7-11(13)8-22-5-3-14-12(20(22)27)4-6-28-14/h1-7,15-19,23-26H,8-9H2/t15-,16-,17+,18-,19?/m1/s1. The van der Waals surface area contributed by atoms with E-state index in [-0.39, 0.29) is 12.1 Å². The molecule has 3 heterocycles. The molecule has 1 aromatic carbocycles. The third-order valence-corrected chi connectivity index (χ3v) is 5.59. The van der Waals surface area contributed by atoms with Crippen LogP contribution >= 0.6 is 11.6 Å². The Morgan fingerprint density at radius 3 is 2.62 bits per heavy atom. The Bertz CT molecular complexity index is 1080. The van der Waals surface area contributed by atoms with Crippen LogP contribution in [-0.4, -0.2) is 56.0 Å². The van der Waals surface area contributed by atoms with Crippen molar-refractivity contribution in [2.75, 3.05) is 6.61 Å². The second-order valence-corrected chi connectivity index (χ2v) is 7.45. The molecule has 1 fully saturated rings. The third kappa shape index (κ3) is 3.59. The predicted octanol–water partition coefficient (Wildman–Crippen LogP) is 0.811. The number of hydrogen-bond donors (Lipinski definition) is 4. The lowest BCUT2D eigenvalue weighted by Crippen LogP contribution is -2.55. The monoisotopic (exact) mass is 421 g/mol. The van der Waals surface area contributed by atoms with E-state index in [1.165, 1.54) is 10.8 Å². The molecule has 154 valence electrons. The van der Waals surface area contributed by atoms with Gasteiger partial charge in [0.1, 0.15) is 36.1 Å². The summed E-state index contributed by atoms with van der Waals surface area (Å²) in [4.78, 5) is 12.6. The van der Waals surface area contributed by atoms with Gasteiger partial charge in [-0.05, 0) is 35.4 Å². The summed E-state index contributed by atoms with van der Waals surface area (Å²) in [5.74, 6) is 0. The first kappa shape index (κ1) is 20.1. The van der Waals surface area contributed by atoms with Crippen LogP contribution in [0, 0.1) is 0 Å². The molecule has 1 unspecified atom stereocenters. The summed E-state index contributed by atoms with van der Waals surface area (Å²) in [6.07, 6.45) is -3.24. The number of aromatic nitrogens is 1. The highest BCUT2D eigenvalue weighted by molar-refractivity contribution is 6.31. The molecule has 29 heavy (non-hydrogen) atoms.